The number of hydrogen-bond donors (Lipinski definition) is 0. The van der Waals surface area contributed by atoms with Crippen molar-refractivity contribution >= 4 is 23.3 Å². The van der Waals surface area contributed by atoms with Crippen LogP contribution in [-0.2, 0) is 9.53 Å². The normalized spacial score (nSPS) is 9.38. The first-order chi connectivity index (χ1) is 6.15. The maximum atomic E-state index is 11.1. The molecule has 0 fully saturated rings. The molecule has 0 bridgehead atoms. The minimum absolute atomic E-state index is 0.254. The minimum Gasteiger partial charge on any atom is -0.465 e. The Morgan fingerprint density at radius 2 is 2.08 bits per heavy atom. The molecule has 0 atom stereocenters. The van der Waals surface area contributed by atoms with Crippen LogP contribution in [0.5, 0.6) is 5.75 Å². The van der Waals surface area contributed by atoms with Crippen LogP contribution >= 0.6 is 11.3 Å². The van der Waals surface area contributed by atoms with Crippen LogP contribution in [0.3, 0.4) is 0 Å². The molecule has 0 aromatic carbocycles. The third kappa shape index (κ3) is 2.29. The number of carbonyl (C=O) groups excluding carboxylic acids is 2. The average molecular weight is 200 g/mol. The number of hydrogen-bond acceptors (Lipinski definition) is 5. The fourth-order valence-corrected chi connectivity index (χ4v) is 1.49. The van der Waals surface area contributed by atoms with Crippen molar-refractivity contribution in [1.82, 2.24) is 0 Å². The van der Waals surface area contributed by atoms with Gasteiger partial charge in [0.1, 0.15) is 5.56 Å². The number of thiophene rings is 1. The lowest BCUT2D eigenvalue weighted by atomic mass is 10.3. The predicted octanol–water partition coefficient (Wildman–Crippen LogP) is 1.46. The lowest BCUT2D eigenvalue weighted by Gasteiger charge is -2.00. The summed E-state index contributed by atoms with van der Waals surface area (Å²) >= 11 is 1.27. The van der Waals surface area contributed by atoms with Crippen LogP contribution in [0.2, 0.25) is 0 Å². The van der Waals surface area contributed by atoms with E-state index in [2.05, 4.69) is 4.74 Å². The number of ether oxygens (including phenoxy) is 2. The second-order valence-corrected chi connectivity index (χ2v) is 2.98. The van der Waals surface area contributed by atoms with Crippen molar-refractivity contribution < 1.29 is 19.1 Å². The van der Waals surface area contributed by atoms with Gasteiger partial charge < -0.3 is 9.47 Å². The Morgan fingerprint density at radius 1 is 1.38 bits per heavy atom. The molecule has 0 aliphatic heterocycles. The highest BCUT2D eigenvalue weighted by Crippen LogP contribution is 2.24. The molecule has 0 amide bonds. The van der Waals surface area contributed by atoms with Crippen LogP contribution in [0.25, 0.3) is 0 Å². The number of rotatable bonds is 2. The lowest BCUT2D eigenvalue weighted by molar-refractivity contribution is -0.131. The molecule has 0 radical (unpaired) electrons. The quantitative estimate of drug-likeness (QED) is 0.678. The molecule has 0 N–H and O–H groups in total. The predicted molar refractivity (Wildman–Crippen MR) is 47.0 cm³/mol. The topological polar surface area (TPSA) is 52.6 Å². The van der Waals surface area contributed by atoms with E-state index in [9.17, 15) is 9.59 Å². The van der Waals surface area contributed by atoms with Gasteiger partial charge in [-0.1, -0.05) is 0 Å². The molecule has 0 aliphatic rings. The van der Waals surface area contributed by atoms with Gasteiger partial charge in [0.2, 0.25) is 0 Å². The number of esters is 2. The monoisotopic (exact) mass is 200 g/mol. The van der Waals surface area contributed by atoms with Crippen molar-refractivity contribution in [3.05, 3.63) is 16.3 Å². The maximum absolute atomic E-state index is 11.1. The number of methoxy groups -OCH3 is 1. The van der Waals surface area contributed by atoms with E-state index in [0.717, 1.165) is 0 Å². The molecule has 13 heavy (non-hydrogen) atoms. The van der Waals surface area contributed by atoms with E-state index in [-0.39, 0.29) is 11.3 Å². The number of carbonyl (C=O) groups is 2. The molecule has 0 saturated carbocycles. The summed E-state index contributed by atoms with van der Waals surface area (Å²) < 4.78 is 9.27. The Kier molecular flexibility index (Phi) is 3.02. The molecule has 0 unspecified atom stereocenters. The Bertz CT molecular complexity index is 329. The fourth-order valence-electron chi connectivity index (χ4n) is 0.778. The van der Waals surface area contributed by atoms with E-state index in [1.54, 1.807) is 10.8 Å². The van der Waals surface area contributed by atoms with Gasteiger partial charge in [0.25, 0.3) is 0 Å². The van der Waals surface area contributed by atoms with Crippen molar-refractivity contribution in [3.8, 4) is 5.75 Å². The third-order valence-electron chi connectivity index (χ3n) is 1.29. The molecular weight excluding hydrogens is 192 g/mol. The molecule has 5 heteroatoms. The molecule has 4 nitrogen and oxygen atoms in total. The van der Waals surface area contributed by atoms with E-state index in [0.29, 0.717) is 0 Å². The van der Waals surface area contributed by atoms with Crippen molar-refractivity contribution in [3.63, 3.8) is 0 Å². The summed E-state index contributed by atoms with van der Waals surface area (Å²) in [6.07, 6.45) is 0. The van der Waals surface area contributed by atoms with Gasteiger partial charge in [0, 0.05) is 17.7 Å². The molecular formula is C8H8O4S. The minimum atomic E-state index is -0.502. The molecule has 0 aliphatic carbocycles. The van der Waals surface area contributed by atoms with Gasteiger partial charge in [0.05, 0.1) is 7.11 Å². The van der Waals surface area contributed by atoms with Crippen molar-refractivity contribution in [1.29, 1.82) is 0 Å². The summed E-state index contributed by atoms with van der Waals surface area (Å²) in [6.45, 7) is 1.28. The second kappa shape index (κ2) is 4.04. The van der Waals surface area contributed by atoms with Gasteiger partial charge in [-0.05, 0) is 0 Å². The maximum Gasteiger partial charge on any atom is 0.342 e. The SMILES string of the molecule is COC(=O)c1cscc1OC(C)=O. The van der Waals surface area contributed by atoms with Gasteiger partial charge in [-0.15, -0.1) is 11.3 Å². The first-order valence-corrected chi connectivity index (χ1v) is 4.42. The van der Waals surface area contributed by atoms with Crippen molar-refractivity contribution in [2.24, 2.45) is 0 Å². The smallest absolute Gasteiger partial charge is 0.342 e. The van der Waals surface area contributed by atoms with Crippen molar-refractivity contribution in [2.75, 3.05) is 7.11 Å². The van der Waals surface area contributed by atoms with Gasteiger partial charge in [-0.3, -0.25) is 4.79 Å². The molecule has 1 aromatic rings. The Hall–Kier alpha value is -1.36. The summed E-state index contributed by atoms with van der Waals surface area (Å²) in [5.41, 5.74) is 0.280. The lowest BCUT2D eigenvalue weighted by Crippen LogP contribution is -2.06. The van der Waals surface area contributed by atoms with Gasteiger partial charge in [0.15, 0.2) is 5.75 Å². The summed E-state index contributed by atoms with van der Waals surface area (Å²) in [5, 5.41) is 3.15. The first-order valence-electron chi connectivity index (χ1n) is 3.48. The molecule has 1 aromatic heterocycles. The van der Waals surface area contributed by atoms with E-state index in [1.807, 2.05) is 0 Å². The van der Waals surface area contributed by atoms with Crippen LogP contribution in [0.1, 0.15) is 17.3 Å². The Morgan fingerprint density at radius 3 is 2.62 bits per heavy atom. The zero-order valence-corrected chi connectivity index (χ0v) is 8.01. The summed E-state index contributed by atoms with van der Waals surface area (Å²) in [7, 11) is 1.28. The van der Waals surface area contributed by atoms with Crippen LogP contribution in [0.15, 0.2) is 10.8 Å². The highest BCUT2D eigenvalue weighted by molar-refractivity contribution is 7.08. The molecule has 0 spiro atoms. The van der Waals surface area contributed by atoms with E-state index in [1.165, 1.54) is 25.4 Å². The highest BCUT2D eigenvalue weighted by Gasteiger charge is 2.15. The highest BCUT2D eigenvalue weighted by atomic mass is 32.1. The zero-order valence-electron chi connectivity index (χ0n) is 7.20. The average Bonchev–Trinajstić information content (AvgIpc) is 2.50. The van der Waals surface area contributed by atoms with Crippen LogP contribution in [0, 0.1) is 0 Å². The molecule has 0 saturated heterocycles. The van der Waals surface area contributed by atoms with Gasteiger partial charge in [-0.2, -0.15) is 0 Å². The Labute approximate surface area is 79.1 Å². The van der Waals surface area contributed by atoms with Crippen molar-refractivity contribution in [2.45, 2.75) is 6.92 Å². The van der Waals surface area contributed by atoms with E-state index >= 15 is 0 Å². The standard InChI is InChI=1S/C8H8O4S/c1-5(9)12-7-4-13-3-6(7)8(10)11-2/h3-4H,1-2H3. The second-order valence-electron chi connectivity index (χ2n) is 2.23. The summed E-state index contributed by atoms with van der Waals surface area (Å²) in [5.74, 6) is -0.703. The molecule has 70 valence electrons. The van der Waals surface area contributed by atoms with Crippen LogP contribution < -0.4 is 4.74 Å². The van der Waals surface area contributed by atoms with Crippen LogP contribution in [0.4, 0.5) is 0 Å². The Balaban J connectivity index is 2.89. The molecule has 1 heterocycles. The molecule has 1 rings (SSSR count). The van der Waals surface area contributed by atoms with Gasteiger partial charge in [-0.25, -0.2) is 4.79 Å². The third-order valence-corrected chi connectivity index (χ3v) is 2.01. The summed E-state index contributed by atoms with van der Waals surface area (Å²) in [6, 6.07) is 0. The van der Waals surface area contributed by atoms with Gasteiger partial charge >= 0.3 is 11.9 Å². The van der Waals surface area contributed by atoms with E-state index in [4.69, 9.17) is 4.74 Å². The van der Waals surface area contributed by atoms with Crippen LogP contribution in [-0.4, -0.2) is 19.0 Å². The summed E-state index contributed by atoms with van der Waals surface area (Å²) in [4.78, 5) is 21.7. The largest absolute Gasteiger partial charge is 0.465 e. The zero-order chi connectivity index (χ0) is 9.84. The first kappa shape index (κ1) is 9.73. The fraction of sp³-hybridized carbons (Fsp3) is 0.250. The van der Waals surface area contributed by atoms with E-state index < -0.39 is 11.9 Å².